The van der Waals surface area contributed by atoms with Crippen molar-refractivity contribution in [3.05, 3.63) is 58.9 Å². The van der Waals surface area contributed by atoms with Gasteiger partial charge in [0.2, 0.25) is 5.91 Å². The van der Waals surface area contributed by atoms with Crippen LogP contribution in [0, 0.1) is 10.1 Å². The number of nitrogens with zero attached hydrogens (tertiary/aromatic N) is 2. The van der Waals surface area contributed by atoms with Gasteiger partial charge in [-0.2, -0.15) is 0 Å². The van der Waals surface area contributed by atoms with Crippen LogP contribution < -0.4 is 5.32 Å². The van der Waals surface area contributed by atoms with Crippen molar-refractivity contribution >= 4 is 29.0 Å². The van der Waals surface area contributed by atoms with Crippen molar-refractivity contribution in [3.63, 3.8) is 0 Å². The van der Waals surface area contributed by atoms with Gasteiger partial charge in [-0.15, -0.1) is 11.8 Å². The fraction of sp³-hybridized carbons (Fsp3) is 0.143. The van der Waals surface area contributed by atoms with E-state index in [-0.39, 0.29) is 16.8 Å². The summed E-state index contributed by atoms with van der Waals surface area (Å²) in [6.45, 7) is 1.78. The van der Waals surface area contributed by atoms with Crippen LogP contribution in [0.2, 0.25) is 0 Å². The highest BCUT2D eigenvalue weighted by atomic mass is 32.2. The number of carbonyl (C=O) groups excluding carboxylic acids is 1. The molecule has 7 heteroatoms. The smallest absolute Gasteiger partial charge is 0.269 e. The number of aromatic nitrogens is 1. The molecule has 1 atom stereocenters. The largest absolute Gasteiger partial charge is 0.325 e. The SMILES string of the molecule is CC(Sc1ccc([N+](=O)[O-])cc1)C(=O)Nc1ccncc1. The molecule has 6 nitrogen and oxygen atoms in total. The number of hydrogen-bond donors (Lipinski definition) is 1. The van der Waals surface area contributed by atoms with Crippen LogP contribution in [0.4, 0.5) is 11.4 Å². The number of benzene rings is 1. The Labute approximate surface area is 125 Å². The van der Waals surface area contributed by atoms with Crippen LogP contribution in [0.3, 0.4) is 0 Å². The Bertz CT molecular complexity index is 632. The first kappa shape index (κ1) is 15.0. The molecule has 0 bridgehead atoms. The summed E-state index contributed by atoms with van der Waals surface area (Å²) in [4.78, 5) is 26.8. The second-order valence-electron chi connectivity index (χ2n) is 4.24. The Morgan fingerprint density at radius 2 is 1.86 bits per heavy atom. The van der Waals surface area contributed by atoms with Crippen LogP contribution in [0.25, 0.3) is 0 Å². The zero-order chi connectivity index (χ0) is 15.2. The van der Waals surface area contributed by atoms with E-state index in [0.717, 1.165) is 4.90 Å². The second kappa shape index (κ2) is 6.85. The summed E-state index contributed by atoms with van der Waals surface area (Å²) in [5.41, 5.74) is 0.722. The fourth-order valence-corrected chi connectivity index (χ4v) is 2.45. The maximum Gasteiger partial charge on any atom is 0.269 e. The van der Waals surface area contributed by atoms with Crippen molar-refractivity contribution < 1.29 is 9.72 Å². The molecular weight excluding hydrogens is 290 g/mol. The maximum absolute atomic E-state index is 12.0. The number of carbonyl (C=O) groups is 1. The molecule has 2 rings (SSSR count). The average Bonchev–Trinajstić information content (AvgIpc) is 2.48. The highest BCUT2D eigenvalue weighted by Crippen LogP contribution is 2.26. The van der Waals surface area contributed by atoms with Crippen LogP contribution in [-0.4, -0.2) is 21.1 Å². The summed E-state index contributed by atoms with van der Waals surface area (Å²) in [6, 6.07) is 9.55. The van der Waals surface area contributed by atoms with Gasteiger partial charge in [0.1, 0.15) is 0 Å². The molecule has 1 heterocycles. The van der Waals surface area contributed by atoms with Crippen molar-refractivity contribution in [1.29, 1.82) is 0 Å². The number of pyridine rings is 1. The van der Waals surface area contributed by atoms with Gasteiger partial charge in [-0.3, -0.25) is 19.9 Å². The van der Waals surface area contributed by atoms with Crippen molar-refractivity contribution in [2.24, 2.45) is 0 Å². The zero-order valence-corrected chi connectivity index (χ0v) is 12.0. The minimum absolute atomic E-state index is 0.0354. The first-order valence-electron chi connectivity index (χ1n) is 6.18. The number of nitro groups is 1. The molecule has 1 unspecified atom stereocenters. The lowest BCUT2D eigenvalue weighted by molar-refractivity contribution is -0.384. The van der Waals surface area contributed by atoms with Gasteiger partial charge in [0.05, 0.1) is 10.2 Å². The van der Waals surface area contributed by atoms with Crippen LogP contribution in [0.5, 0.6) is 0 Å². The summed E-state index contributed by atoms with van der Waals surface area (Å²) in [5.74, 6) is -0.135. The van der Waals surface area contributed by atoms with Gasteiger partial charge in [-0.1, -0.05) is 0 Å². The van der Waals surface area contributed by atoms with E-state index in [1.165, 1.54) is 23.9 Å². The Morgan fingerprint density at radius 3 is 2.43 bits per heavy atom. The van der Waals surface area contributed by atoms with Gasteiger partial charge in [-0.25, -0.2) is 0 Å². The van der Waals surface area contributed by atoms with Crippen LogP contribution in [-0.2, 0) is 4.79 Å². The molecule has 108 valence electrons. The molecule has 0 radical (unpaired) electrons. The molecule has 0 fully saturated rings. The van der Waals surface area contributed by atoms with E-state index < -0.39 is 4.92 Å². The standard InChI is InChI=1S/C14H13N3O3S/c1-10(14(18)16-11-6-8-15-9-7-11)21-13-4-2-12(3-5-13)17(19)20/h2-10H,1H3,(H,15,16,18). The topological polar surface area (TPSA) is 85.1 Å². The van der Waals surface area contributed by atoms with Crippen molar-refractivity contribution in [1.82, 2.24) is 4.98 Å². The van der Waals surface area contributed by atoms with Gasteiger partial charge < -0.3 is 5.32 Å². The molecule has 0 aliphatic rings. The van der Waals surface area contributed by atoms with E-state index in [1.807, 2.05) is 0 Å². The molecule has 0 aliphatic heterocycles. The highest BCUT2D eigenvalue weighted by Gasteiger charge is 2.15. The lowest BCUT2D eigenvalue weighted by Gasteiger charge is -2.11. The van der Waals surface area contributed by atoms with Gasteiger partial charge in [0.15, 0.2) is 0 Å². The van der Waals surface area contributed by atoms with Crippen molar-refractivity contribution in [2.75, 3.05) is 5.32 Å². The Morgan fingerprint density at radius 1 is 1.24 bits per heavy atom. The third-order valence-corrected chi connectivity index (χ3v) is 3.79. The first-order chi connectivity index (χ1) is 10.1. The number of thioether (sulfide) groups is 1. The first-order valence-corrected chi connectivity index (χ1v) is 7.06. The summed E-state index contributed by atoms with van der Waals surface area (Å²) < 4.78 is 0. The Hall–Kier alpha value is -2.41. The van der Waals surface area contributed by atoms with Crippen molar-refractivity contribution in [2.45, 2.75) is 17.1 Å². The van der Waals surface area contributed by atoms with E-state index in [4.69, 9.17) is 0 Å². The average molecular weight is 303 g/mol. The molecule has 0 spiro atoms. The molecular formula is C14H13N3O3S. The fourth-order valence-electron chi connectivity index (χ4n) is 1.58. The summed E-state index contributed by atoms with van der Waals surface area (Å²) in [5, 5.41) is 13.0. The molecule has 0 saturated heterocycles. The maximum atomic E-state index is 12.0. The van der Waals surface area contributed by atoms with Gasteiger partial charge in [-0.05, 0) is 31.2 Å². The lowest BCUT2D eigenvalue weighted by Crippen LogP contribution is -2.22. The normalized spacial score (nSPS) is 11.7. The molecule has 21 heavy (non-hydrogen) atoms. The second-order valence-corrected chi connectivity index (χ2v) is 5.65. The van der Waals surface area contributed by atoms with E-state index in [9.17, 15) is 14.9 Å². The molecule has 1 amide bonds. The summed E-state index contributed by atoms with van der Waals surface area (Å²) >= 11 is 1.34. The van der Waals surface area contributed by atoms with Crippen LogP contribution in [0.1, 0.15) is 6.92 Å². The third kappa shape index (κ3) is 4.28. The zero-order valence-electron chi connectivity index (χ0n) is 11.2. The molecule has 1 aromatic heterocycles. The number of nitro benzene ring substituents is 1. The highest BCUT2D eigenvalue weighted by molar-refractivity contribution is 8.00. The molecule has 1 aromatic carbocycles. The monoisotopic (exact) mass is 303 g/mol. The molecule has 0 aliphatic carbocycles. The van der Waals surface area contributed by atoms with Crippen LogP contribution >= 0.6 is 11.8 Å². The Balaban J connectivity index is 1.95. The van der Waals surface area contributed by atoms with Gasteiger partial charge in [0, 0.05) is 35.1 Å². The number of rotatable bonds is 5. The van der Waals surface area contributed by atoms with E-state index in [2.05, 4.69) is 10.3 Å². The third-order valence-electron chi connectivity index (χ3n) is 2.68. The quantitative estimate of drug-likeness (QED) is 0.521. The molecule has 2 aromatic rings. The molecule has 1 N–H and O–H groups in total. The number of amides is 1. The molecule has 0 saturated carbocycles. The lowest BCUT2D eigenvalue weighted by atomic mass is 10.3. The van der Waals surface area contributed by atoms with Gasteiger partial charge in [0.25, 0.3) is 5.69 Å². The van der Waals surface area contributed by atoms with Gasteiger partial charge >= 0.3 is 0 Å². The number of hydrogen-bond acceptors (Lipinski definition) is 5. The predicted molar refractivity (Wildman–Crippen MR) is 81.3 cm³/mol. The minimum Gasteiger partial charge on any atom is -0.325 e. The number of anilines is 1. The predicted octanol–water partition coefficient (Wildman–Crippen LogP) is 3.11. The van der Waals surface area contributed by atoms with Crippen LogP contribution in [0.15, 0.2) is 53.7 Å². The summed E-state index contributed by atoms with van der Waals surface area (Å²) in [6.07, 6.45) is 3.20. The summed E-state index contributed by atoms with van der Waals surface area (Å²) in [7, 11) is 0. The Kier molecular flexibility index (Phi) is 4.89. The van der Waals surface area contributed by atoms with Crippen molar-refractivity contribution in [3.8, 4) is 0 Å². The minimum atomic E-state index is -0.450. The number of non-ortho nitro benzene ring substituents is 1. The van der Waals surface area contributed by atoms with E-state index in [0.29, 0.717) is 5.69 Å². The van der Waals surface area contributed by atoms with E-state index >= 15 is 0 Å². The van der Waals surface area contributed by atoms with E-state index in [1.54, 1.807) is 43.6 Å². The number of nitrogens with one attached hydrogen (secondary N) is 1.